The van der Waals surface area contributed by atoms with Crippen LogP contribution in [-0.4, -0.2) is 58.6 Å². The number of morpholine rings is 1. The molecule has 4 heterocycles. The smallest absolute Gasteiger partial charge is 0.254 e. The molecule has 1 atom stereocenters. The maximum Gasteiger partial charge on any atom is 0.254 e. The summed E-state index contributed by atoms with van der Waals surface area (Å²) in [6.07, 6.45) is 7.75. The van der Waals surface area contributed by atoms with Crippen molar-refractivity contribution in [3.63, 3.8) is 0 Å². The molecule has 2 fully saturated rings. The van der Waals surface area contributed by atoms with Gasteiger partial charge in [0.2, 0.25) is 0 Å². The van der Waals surface area contributed by atoms with Gasteiger partial charge in [-0.2, -0.15) is 0 Å². The lowest BCUT2D eigenvalue weighted by Gasteiger charge is -2.28. The Bertz CT molecular complexity index is 1140. The zero-order chi connectivity index (χ0) is 22.6. The number of ether oxygens (including phenoxy) is 1. The molecular weight excluding hydrogens is 438 g/mol. The molecule has 0 spiro atoms. The summed E-state index contributed by atoms with van der Waals surface area (Å²) in [4.78, 5) is 31.3. The van der Waals surface area contributed by atoms with Gasteiger partial charge >= 0.3 is 0 Å². The average molecular weight is 464 g/mol. The van der Waals surface area contributed by atoms with Crippen LogP contribution >= 0.6 is 11.6 Å². The molecule has 3 aromatic rings. The van der Waals surface area contributed by atoms with Gasteiger partial charge in [-0.15, -0.1) is 0 Å². The Hall–Kier alpha value is -3.03. The number of aromatic nitrogens is 3. The van der Waals surface area contributed by atoms with Crippen LogP contribution < -0.4 is 4.90 Å². The maximum absolute atomic E-state index is 13.5. The van der Waals surface area contributed by atoms with E-state index in [4.69, 9.17) is 21.3 Å². The molecule has 1 aromatic carbocycles. The molecule has 170 valence electrons. The standard InChI is InChI=1S/C25H26ClN5O2/c26-20-4-1-3-18(13-20)14-21-16-27-17-22(29-21)23-5-2-8-31(23)25(32)19-6-7-28-24(15-19)30-9-11-33-12-10-30/h1,3-4,6-7,13,15-17,23H,2,5,8-12,14H2/t23-/m0/s1. The molecule has 5 rings (SSSR count). The fourth-order valence-corrected chi connectivity index (χ4v) is 4.74. The van der Waals surface area contributed by atoms with Crippen molar-refractivity contribution in [1.82, 2.24) is 19.9 Å². The largest absolute Gasteiger partial charge is 0.378 e. The van der Waals surface area contributed by atoms with E-state index in [-0.39, 0.29) is 11.9 Å². The van der Waals surface area contributed by atoms with E-state index in [1.54, 1.807) is 24.7 Å². The van der Waals surface area contributed by atoms with E-state index in [9.17, 15) is 4.79 Å². The number of nitrogens with zero attached hydrogens (tertiary/aromatic N) is 5. The number of rotatable bonds is 5. The Morgan fingerprint density at radius 3 is 2.85 bits per heavy atom. The molecule has 2 aromatic heterocycles. The van der Waals surface area contributed by atoms with E-state index in [1.807, 2.05) is 35.2 Å². The van der Waals surface area contributed by atoms with E-state index < -0.39 is 0 Å². The van der Waals surface area contributed by atoms with Crippen LogP contribution in [0.2, 0.25) is 5.02 Å². The predicted octanol–water partition coefficient (Wildman–Crippen LogP) is 3.93. The maximum atomic E-state index is 13.5. The van der Waals surface area contributed by atoms with Crippen molar-refractivity contribution < 1.29 is 9.53 Å². The number of likely N-dealkylation sites (tertiary alicyclic amines) is 1. The topological polar surface area (TPSA) is 71.5 Å². The third-order valence-electron chi connectivity index (χ3n) is 6.16. The first-order valence-electron chi connectivity index (χ1n) is 11.3. The van der Waals surface area contributed by atoms with Gasteiger partial charge in [0.1, 0.15) is 5.82 Å². The van der Waals surface area contributed by atoms with Crippen molar-refractivity contribution in [2.45, 2.75) is 25.3 Å². The van der Waals surface area contributed by atoms with Gasteiger partial charge in [-0.3, -0.25) is 14.8 Å². The molecule has 33 heavy (non-hydrogen) atoms. The van der Waals surface area contributed by atoms with Crippen molar-refractivity contribution in [3.8, 4) is 0 Å². The van der Waals surface area contributed by atoms with E-state index in [2.05, 4.69) is 14.9 Å². The second kappa shape index (κ2) is 9.85. The van der Waals surface area contributed by atoms with Gasteiger partial charge in [0, 0.05) is 49.0 Å². The first-order chi connectivity index (χ1) is 16.2. The molecule has 2 aliphatic rings. The van der Waals surface area contributed by atoms with Crippen LogP contribution in [0.1, 0.15) is 46.2 Å². The van der Waals surface area contributed by atoms with Crippen molar-refractivity contribution in [3.05, 3.63) is 82.5 Å². The Balaban J connectivity index is 1.34. The first-order valence-corrected chi connectivity index (χ1v) is 11.7. The highest BCUT2D eigenvalue weighted by atomic mass is 35.5. The summed E-state index contributed by atoms with van der Waals surface area (Å²) >= 11 is 6.12. The molecule has 0 unspecified atom stereocenters. The molecular formula is C25H26ClN5O2. The number of carbonyl (C=O) groups excluding carboxylic acids is 1. The summed E-state index contributed by atoms with van der Waals surface area (Å²) in [6, 6.07) is 11.4. The zero-order valence-electron chi connectivity index (χ0n) is 18.4. The average Bonchev–Trinajstić information content (AvgIpc) is 3.34. The number of hydrogen-bond acceptors (Lipinski definition) is 6. The van der Waals surface area contributed by atoms with Crippen molar-refractivity contribution >= 4 is 23.3 Å². The third kappa shape index (κ3) is 4.99. The van der Waals surface area contributed by atoms with Gasteiger partial charge in [0.05, 0.1) is 36.8 Å². The minimum Gasteiger partial charge on any atom is -0.378 e. The molecule has 8 heteroatoms. The number of halogens is 1. The summed E-state index contributed by atoms with van der Waals surface area (Å²) in [6.45, 7) is 3.63. The highest BCUT2D eigenvalue weighted by Gasteiger charge is 2.32. The zero-order valence-corrected chi connectivity index (χ0v) is 19.1. The molecule has 0 aliphatic carbocycles. The molecule has 0 saturated carbocycles. The molecule has 7 nitrogen and oxygen atoms in total. The number of hydrogen-bond donors (Lipinski definition) is 0. The SMILES string of the molecule is O=C(c1ccnc(N2CCOCC2)c1)N1CCC[C@H]1c1cncc(Cc2cccc(Cl)c2)n1. The van der Waals surface area contributed by atoms with Gasteiger partial charge in [-0.25, -0.2) is 4.98 Å². The van der Waals surface area contributed by atoms with Crippen LogP contribution in [0, 0.1) is 0 Å². The summed E-state index contributed by atoms with van der Waals surface area (Å²) in [5.74, 6) is 0.833. The molecule has 2 saturated heterocycles. The molecule has 2 aliphatic heterocycles. The number of carbonyl (C=O) groups is 1. The fourth-order valence-electron chi connectivity index (χ4n) is 4.52. The predicted molar refractivity (Wildman–Crippen MR) is 127 cm³/mol. The van der Waals surface area contributed by atoms with E-state index >= 15 is 0 Å². The van der Waals surface area contributed by atoms with Crippen LogP contribution in [0.4, 0.5) is 5.82 Å². The van der Waals surface area contributed by atoms with Gasteiger partial charge in [-0.1, -0.05) is 23.7 Å². The highest BCUT2D eigenvalue weighted by molar-refractivity contribution is 6.30. The molecule has 0 bridgehead atoms. The van der Waals surface area contributed by atoms with E-state index in [0.717, 1.165) is 48.7 Å². The van der Waals surface area contributed by atoms with Crippen molar-refractivity contribution in [1.29, 1.82) is 0 Å². The highest BCUT2D eigenvalue weighted by Crippen LogP contribution is 2.32. The van der Waals surface area contributed by atoms with Crippen LogP contribution in [0.25, 0.3) is 0 Å². The number of amides is 1. The van der Waals surface area contributed by atoms with Crippen molar-refractivity contribution in [2.24, 2.45) is 0 Å². The van der Waals surface area contributed by atoms with E-state index in [0.29, 0.717) is 36.8 Å². The van der Waals surface area contributed by atoms with Gasteiger partial charge < -0.3 is 14.5 Å². The molecule has 1 amide bonds. The number of anilines is 1. The third-order valence-corrected chi connectivity index (χ3v) is 6.40. The Morgan fingerprint density at radius 2 is 2.00 bits per heavy atom. The second-order valence-electron chi connectivity index (χ2n) is 8.40. The quantitative estimate of drug-likeness (QED) is 0.571. The normalized spacial score (nSPS) is 18.5. The minimum absolute atomic E-state index is 0.0106. The Morgan fingerprint density at radius 1 is 1.12 bits per heavy atom. The second-order valence-corrected chi connectivity index (χ2v) is 8.84. The minimum atomic E-state index is -0.0793. The van der Waals surface area contributed by atoms with Gasteiger partial charge in [0.25, 0.3) is 5.91 Å². The lowest BCUT2D eigenvalue weighted by atomic mass is 10.1. The van der Waals surface area contributed by atoms with Gasteiger partial charge in [0.15, 0.2) is 0 Å². The number of benzene rings is 1. The van der Waals surface area contributed by atoms with Crippen LogP contribution in [-0.2, 0) is 11.2 Å². The Kier molecular flexibility index (Phi) is 6.51. The monoisotopic (exact) mass is 463 g/mol. The first kappa shape index (κ1) is 21.8. The lowest BCUT2D eigenvalue weighted by molar-refractivity contribution is 0.0732. The Labute approximate surface area is 198 Å². The molecule has 0 radical (unpaired) electrons. The molecule has 0 N–H and O–H groups in total. The number of pyridine rings is 1. The summed E-state index contributed by atoms with van der Waals surface area (Å²) in [5, 5.41) is 0.706. The van der Waals surface area contributed by atoms with E-state index in [1.165, 1.54) is 0 Å². The van der Waals surface area contributed by atoms with Crippen LogP contribution in [0.3, 0.4) is 0 Å². The van der Waals surface area contributed by atoms with Gasteiger partial charge in [-0.05, 0) is 42.7 Å². The van der Waals surface area contributed by atoms with Crippen molar-refractivity contribution in [2.75, 3.05) is 37.7 Å². The summed E-state index contributed by atoms with van der Waals surface area (Å²) in [5.41, 5.74) is 3.44. The fraction of sp³-hybridized carbons (Fsp3) is 0.360. The lowest BCUT2D eigenvalue weighted by Crippen LogP contribution is -2.37. The summed E-state index contributed by atoms with van der Waals surface area (Å²) in [7, 11) is 0. The van der Waals surface area contributed by atoms with Crippen LogP contribution in [0.5, 0.6) is 0 Å². The summed E-state index contributed by atoms with van der Waals surface area (Å²) < 4.78 is 5.43. The van der Waals surface area contributed by atoms with Crippen LogP contribution in [0.15, 0.2) is 55.0 Å².